The summed E-state index contributed by atoms with van der Waals surface area (Å²) in [5, 5.41) is 2.97. The lowest BCUT2D eigenvalue weighted by Gasteiger charge is -2.27. The molecular formula is C13H9ClF3NOS. The molecule has 0 fully saturated rings. The molecule has 0 aliphatic carbocycles. The molecule has 1 atom stereocenters. The summed E-state index contributed by atoms with van der Waals surface area (Å²) in [6, 6.07) is 7.05. The van der Waals surface area contributed by atoms with Gasteiger partial charge in [-0.15, -0.1) is 11.3 Å². The summed E-state index contributed by atoms with van der Waals surface area (Å²) in [4.78, 5) is 0.938. The lowest BCUT2D eigenvalue weighted by atomic mass is 10.1. The predicted octanol–water partition coefficient (Wildman–Crippen LogP) is 4.97. The van der Waals surface area contributed by atoms with Gasteiger partial charge in [0.15, 0.2) is 6.10 Å². The Balaban J connectivity index is 1.86. The maximum atomic E-state index is 12.6. The van der Waals surface area contributed by atoms with E-state index in [1.54, 1.807) is 6.07 Å². The van der Waals surface area contributed by atoms with E-state index in [9.17, 15) is 13.2 Å². The van der Waals surface area contributed by atoms with Gasteiger partial charge < -0.3 is 10.1 Å². The third-order valence-corrected chi connectivity index (χ3v) is 4.29. The van der Waals surface area contributed by atoms with Crippen LogP contribution in [-0.2, 0) is 6.18 Å². The third-order valence-electron chi connectivity index (χ3n) is 2.97. The first-order valence-corrected chi connectivity index (χ1v) is 7.00. The summed E-state index contributed by atoms with van der Waals surface area (Å²) in [5.74, 6) is 0.416. The van der Waals surface area contributed by atoms with Crippen LogP contribution < -0.4 is 10.1 Å². The van der Waals surface area contributed by atoms with Crippen molar-refractivity contribution in [2.75, 3.05) is 11.9 Å². The van der Waals surface area contributed by atoms with E-state index in [0.717, 1.165) is 17.0 Å². The molecule has 20 heavy (non-hydrogen) atoms. The molecule has 1 aromatic heterocycles. The Labute approximate surface area is 122 Å². The van der Waals surface area contributed by atoms with Crippen molar-refractivity contribution >= 4 is 28.6 Å². The van der Waals surface area contributed by atoms with Crippen LogP contribution in [0.4, 0.5) is 18.9 Å². The summed E-state index contributed by atoms with van der Waals surface area (Å²) in [5.41, 5.74) is -0.330. The summed E-state index contributed by atoms with van der Waals surface area (Å²) in [7, 11) is 0. The molecule has 0 saturated heterocycles. The average Bonchev–Trinajstić information content (AvgIpc) is 2.83. The quantitative estimate of drug-likeness (QED) is 0.801. The van der Waals surface area contributed by atoms with Gasteiger partial charge in [-0.2, -0.15) is 13.2 Å². The molecule has 0 spiro atoms. The molecule has 106 valence electrons. The SMILES string of the molecule is FC(F)(F)c1ccc2c(c1)NCC(c1ccc(Cl)s1)O2. The van der Waals surface area contributed by atoms with Gasteiger partial charge in [-0.05, 0) is 30.3 Å². The molecule has 1 aromatic carbocycles. The second-order valence-corrected chi connectivity index (χ2v) is 6.08. The minimum atomic E-state index is -4.35. The standard InChI is InChI=1S/C13H9ClF3NOS/c14-12-4-3-11(20-12)10-6-18-8-5-7(13(15,16)17)1-2-9(8)19-10/h1-5,10,18H,6H2. The first-order chi connectivity index (χ1) is 9.43. The van der Waals surface area contributed by atoms with E-state index in [-0.39, 0.29) is 6.10 Å². The molecule has 7 heteroatoms. The molecule has 1 aliphatic rings. The molecule has 3 rings (SSSR count). The van der Waals surface area contributed by atoms with Gasteiger partial charge >= 0.3 is 6.18 Å². The van der Waals surface area contributed by atoms with Crippen LogP contribution in [0.25, 0.3) is 0 Å². The number of nitrogens with one attached hydrogen (secondary N) is 1. The van der Waals surface area contributed by atoms with Crippen LogP contribution in [0.3, 0.4) is 0 Å². The highest BCUT2D eigenvalue weighted by Gasteiger charge is 2.32. The number of fused-ring (bicyclic) bond motifs is 1. The van der Waals surface area contributed by atoms with Crippen LogP contribution in [0.1, 0.15) is 16.5 Å². The molecule has 2 heterocycles. The van der Waals surface area contributed by atoms with E-state index in [1.165, 1.54) is 17.4 Å². The summed E-state index contributed by atoms with van der Waals surface area (Å²) >= 11 is 7.27. The van der Waals surface area contributed by atoms with E-state index in [4.69, 9.17) is 16.3 Å². The largest absolute Gasteiger partial charge is 0.481 e. The Morgan fingerprint density at radius 3 is 2.70 bits per heavy atom. The monoisotopic (exact) mass is 319 g/mol. The molecule has 0 saturated carbocycles. The second kappa shape index (κ2) is 4.86. The fourth-order valence-electron chi connectivity index (χ4n) is 2.00. The summed E-state index contributed by atoms with van der Waals surface area (Å²) in [6.07, 6.45) is -4.59. The zero-order valence-corrected chi connectivity index (χ0v) is 11.6. The van der Waals surface area contributed by atoms with Crippen molar-refractivity contribution in [3.63, 3.8) is 0 Å². The van der Waals surface area contributed by atoms with Gasteiger partial charge in [0, 0.05) is 4.88 Å². The smallest absolute Gasteiger partial charge is 0.416 e. The Hall–Kier alpha value is -1.40. The first-order valence-electron chi connectivity index (χ1n) is 5.80. The zero-order chi connectivity index (χ0) is 14.3. The Kier molecular flexibility index (Phi) is 3.30. The molecule has 1 unspecified atom stereocenters. The first kappa shape index (κ1) is 13.6. The molecule has 0 amide bonds. The number of alkyl halides is 3. The topological polar surface area (TPSA) is 21.3 Å². The van der Waals surface area contributed by atoms with Crippen LogP contribution in [-0.4, -0.2) is 6.54 Å². The molecule has 2 nitrogen and oxygen atoms in total. The van der Waals surface area contributed by atoms with Crippen molar-refractivity contribution in [1.82, 2.24) is 0 Å². The van der Waals surface area contributed by atoms with Crippen molar-refractivity contribution in [2.45, 2.75) is 12.3 Å². The van der Waals surface area contributed by atoms with E-state index >= 15 is 0 Å². The van der Waals surface area contributed by atoms with Crippen LogP contribution in [0, 0.1) is 0 Å². The van der Waals surface area contributed by atoms with Gasteiger partial charge in [0.05, 0.1) is 22.1 Å². The normalized spacial score (nSPS) is 18.1. The number of rotatable bonds is 1. The number of hydrogen-bond acceptors (Lipinski definition) is 3. The number of benzene rings is 1. The average molecular weight is 320 g/mol. The van der Waals surface area contributed by atoms with Gasteiger partial charge in [-0.3, -0.25) is 0 Å². The minimum absolute atomic E-state index is 0.239. The summed E-state index contributed by atoms with van der Waals surface area (Å²) < 4.78 is 44.2. The number of thiophene rings is 1. The van der Waals surface area contributed by atoms with E-state index in [2.05, 4.69) is 5.32 Å². The lowest BCUT2D eigenvalue weighted by Crippen LogP contribution is -2.23. The van der Waals surface area contributed by atoms with E-state index in [0.29, 0.717) is 22.3 Å². The molecule has 2 aromatic rings. The zero-order valence-electron chi connectivity index (χ0n) is 10.00. The van der Waals surface area contributed by atoms with Gasteiger partial charge in [0.2, 0.25) is 0 Å². The van der Waals surface area contributed by atoms with E-state index < -0.39 is 11.7 Å². The number of halogens is 4. The molecule has 1 N–H and O–H groups in total. The molecular weight excluding hydrogens is 311 g/mol. The van der Waals surface area contributed by atoms with Gasteiger partial charge in [0.25, 0.3) is 0 Å². The molecule has 0 radical (unpaired) electrons. The Morgan fingerprint density at radius 2 is 2.05 bits per heavy atom. The van der Waals surface area contributed by atoms with Crippen molar-refractivity contribution in [1.29, 1.82) is 0 Å². The molecule has 1 aliphatic heterocycles. The van der Waals surface area contributed by atoms with Crippen molar-refractivity contribution in [3.05, 3.63) is 45.1 Å². The highest BCUT2D eigenvalue weighted by molar-refractivity contribution is 7.16. The third kappa shape index (κ3) is 2.58. The predicted molar refractivity (Wildman–Crippen MR) is 72.6 cm³/mol. The lowest BCUT2D eigenvalue weighted by molar-refractivity contribution is -0.137. The molecule has 0 bridgehead atoms. The highest BCUT2D eigenvalue weighted by Crippen LogP contribution is 2.40. The van der Waals surface area contributed by atoms with Crippen LogP contribution >= 0.6 is 22.9 Å². The van der Waals surface area contributed by atoms with Gasteiger partial charge in [-0.25, -0.2) is 0 Å². The van der Waals surface area contributed by atoms with Crippen molar-refractivity contribution < 1.29 is 17.9 Å². The summed E-state index contributed by atoms with van der Waals surface area (Å²) in [6.45, 7) is 0.408. The highest BCUT2D eigenvalue weighted by atomic mass is 35.5. The van der Waals surface area contributed by atoms with Crippen molar-refractivity contribution in [2.24, 2.45) is 0 Å². The van der Waals surface area contributed by atoms with Crippen LogP contribution in [0.5, 0.6) is 5.75 Å². The maximum Gasteiger partial charge on any atom is 0.416 e. The van der Waals surface area contributed by atoms with E-state index in [1.807, 2.05) is 6.07 Å². The van der Waals surface area contributed by atoms with Gasteiger partial charge in [0.1, 0.15) is 5.75 Å². The number of anilines is 1. The second-order valence-electron chi connectivity index (χ2n) is 4.34. The number of hydrogen-bond donors (Lipinski definition) is 1. The van der Waals surface area contributed by atoms with Crippen LogP contribution in [0.15, 0.2) is 30.3 Å². The fraction of sp³-hybridized carbons (Fsp3) is 0.231. The Bertz CT molecular complexity index is 641. The fourth-order valence-corrected chi connectivity index (χ4v) is 3.10. The van der Waals surface area contributed by atoms with Gasteiger partial charge in [-0.1, -0.05) is 11.6 Å². The van der Waals surface area contributed by atoms with Crippen molar-refractivity contribution in [3.8, 4) is 5.75 Å². The minimum Gasteiger partial charge on any atom is -0.481 e. The number of ether oxygens (including phenoxy) is 1. The van der Waals surface area contributed by atoms with Crippen LogP contribution in [0.2, 0.25) is 4.34 Å². The Morgan fingerprint density at radius 1 is 1.25 bits per heavy atom. The maximum absolute atomic E-state index is 12.6.